The molecule has 4 nitrogen and oxygen atoms in total. The van der Waals surface area contributed by atoms with Gasteiger partial charge in [0.1, 0.15) is 5.76 Å². The fraction of sp³-hybridized carbons (Fsp3) is 0.333. The van der Waals surface area contributed by atoms with Crippen LogP contribution in [0.15, 0.2) is 28.7 Å². The first-order chi connectivity index (χ1) is 10.4. The van der Waals surface area contributed by atoms with Crippen LogP contribution < -0.4 is 0 Å². The van der Waals surface area contributed by atoms with Gasteiger partial charge in [-0.2, -0.15) is 13.2 Å². The van der Waals surface area contributed by atoms with E-state index in [-0.39, 0.29) is 17.9 Å². The number of carboxylic acids is 1. The molecule has 0 radical (unpaired) electrons. The van der Waals surface area contributed by atoms with E-state index < -0.39 is 23.6 Å². The summed E-state index contributed by atoms with van der Waals surface area (Å²) in [5, 5.41) is 9.03. The van der Waals surface area contributed by atoms with Crippen molar-refractivity contribution in [3.05, 3.63) is 41.3 Å². The van der Waals surface area contributed by atoms with Gasteiger partial charge in [-0.3, -0.25) is 4.79 Å². The highest BCUT2D eigenvalue weighted by Gasteiger charge is 2.35. The second kappa shape index (κ2) is 5.15. The third-order valence-corrected chi connectivity index (χ3v) is 3.75. The van der Waals surface area contributed by atoms with Crippen molar-refractivity contribution in [2.45, 2.75) is 25.4 Å². The molecule has 1 aromatic heterocycles. The minimum absolute atomic E-state index is 0.107. The molecule has 1 aliphatic rings. The van der Waals surface area contributed by atoms with Gasteiger partial charge < -0.3 is 9.52 Å². The standard InChI is InChI=1S/C15H12F3NO3/c16-15(17,18)10-4-2-1-3-9(10)13-19-11-6-5-8(14(20)21)7-12(11)22-13/h1-4,8H,5-7H2,(H,20,21). The third-order valence-electron chi connectivity index (χ3n) is 3.75. The Kier molecular flexibility index (Phi) is 3.42. The molecule has 1 heterocycles. The van der Waals surface area contributed by atoms with E-state index in [0.29, 0.717) is 24.3 Å². The molecule has 0 spiro atoms. The fourth-order valence-corrected chi connectivity index (χ4v) is 2.62. The largest absolute Gasteiger partial charge is 0.481 e. The highest BCUT2D eigenvalue weighted by Crippen LogP contribution is 2.38. The van der Waals surface area contributed by atoms with Crippen molar-refractivity contribution >= 4 is 5.97 Å². The molecule has 0 saturated heterocycles. The lowest BCUT2D eigenvalue weighted by Gasteiger charge is -2.15. The quantitative estimate of drug-likeness (QED) is 0.921. The lowest BCUT2D eigenvalue weighted by molar-refractivity contribution is -0.142. The topological polar surface area (TPSA) is 63.3 Å². The molecule has 1 aliphatic carbocycles. The zero-order valence-electron chi connectivity index (χ0n) is 11.4. The van der Waals surface area contributed by atoms with Crippen LogP contribution in [0.2, 0.25) is 0 Å². The fourth-order valence-electron chi connectivity index (χ4n) is 2.62. The molecule has 1 atom stereocenters. The Morgan fingerprint density at radius 2 is 2.05 bits per heavy atom. The maximum Gasteiger partial charge on any atom is 0.417 e. The SMILES string of the molecule is O=C(O)C1CCc2nc(-c3ccccc3C(F)(F)F)oc2C1. The van der Waals surface area contributed by atoms with Crippen LogP contribution >= 0.6 is 0 Å². The molecular formula is C15H12F3NO3. The molecule has 7 heteroatoms. The summed E-state index contributed by atoms with van der Waals surface area (Å²) in [6.45, 7) is 0. The number of oxazole rings is 1. The minimum atomic E-state index is -4.50. The number of aromatic nitrogens is 1. The normalized spacial score (nSPS) is 18.0. The lowest BCUT2D eigenvalue weighted by atomic mass is 9.91. The number of rotatable bonds is 2. The van der Waals surface area contributed by atoms with E-state index in [0.717, 1.165) is 6.07 Å². The van der Waals surface area contributed by atoms with Crippen LogP contribution in [0.25, 0.3) is 11.5 Å². The van der Waals surface area contributed by atoms with E-state index in [2.05, 4.69) is 4.98 Å². The lowest BCUT2D eigenvalue weighted by Crippen LogP contribution is -2.21. The zero-order valence-corrected chi connectivity index (χ0v) is 11.4. The number of hydrogen-bond donors (Lipinski definition) is 1. The Labute approximate surface area is 123 Å². The number of aryl methyl sites for hydroxylation is 1. The summed E-state index contributed by atoms with van der Waals surface area (Å²) < 4.78 is 44.5. The van der Waals surface area contributed by atoms with Crippen molar-refractivity contribution in [2.75, 3.05) is 0 Å². The number of carboxylic acid groups (broad SMARTS) is 1. The molecule has 2 aromatic rings. The van der Waals surface area contributed by atoms with Crippen LogP contribution in [-0.2, 0) is 23.8 Å². The number of nitrogens with zero attached hydrogens (tertiary/aromatic N) is 1. The van der Waals surface area contributed by atoms with E-state index >= 15 is 0 Å². The first kappa shape index (κ1) is 14.6. The van der Waals surface area contributed by atoms with Crippen LogP contribution in [0.4, 0.5) is 13.2 Å². The number of aliphatic carboxylic acids is 1. The highest BCUT2D eigenvalue weighted by molar-refractivity contribution is 5.71. The molecule has 22 heavy (non-hydrogen) atoms. The number of carbonyl (C=O) groups is 1. The van der Waals surface area contributed by atoms with Crippen molar-refractivity contribution < 1.29 is 27.5 Å². The van der Waals surface area contributed by atoms with Crippen LogP contribution in [0.1, 0.15) is 23.4 Å². The van der Waals surface area contributed by atoms with Crippen molar-refractivity contribution in [3.63, 3.8) is 0 Å². The van der Waals surface area contributed by atoms with Gasteiger partial charge in [0, 0.05) is 12.0 Å². The Balaban J connectivity index is 2.01. The maximum absolute atomic E-state index is 13.0. The monoisotopic (exact) mass is 311 g/mol. The first-order valence-electron chi connectivity index (χ1n) is 6.74. The molecule has 116 valence electrons. The second-order valence-corrected chi connectivity index (χ2v) is 5.21. The number of hydrogen-bond acceptors (Lipinski definition) is 3. The van der Waals surface area contributed by atoms with Crippen molar-refractivity contribution in [1.82, 2.24) is 4.98 Å². The van der Waals surface area contributed by atoms with Gasteiger partial charge in [-0.05, 0) is 25.0 Å². The predicted octanol–water partition coefficient (Wildman–Crippen LogP) is 3.55. The molecule has 0 amide bonds. The summed E-state index contributed by atoms with van der Waals surface area (Å²) in [5.74, 6) is -1.25. The van der Waals surface area contributed by atoms with Gasteiger partial charge in [-0.25, -0.2) is 4.98 Å². The van der Waals surface area contributed by atoms with Crippen LogP contribution in [-0.4, -0.2) is 16.1 Å². The van der Waals surface area contributed by atoms with Gasteiger partial charge in [-0.15, -0.1) is 0 Å². The van der Waals surface area contributed by atoms with E-state index in [4.69, 9.17) is 9.52 Å². The van der Waals surface area contributed by atoms with Crippen LogP contribution in [0.5, 0.6) is 0 Å². The van der Waals surface area contributed by atoms with Gasteiger partial charge >= 0.3 is 12.1 Å². The zero-order chi connectivity index (χ0) is 15.9. The molecule has 0 fully saturated rings. The van der Waals surface area contributed by atoms with E-state index in [9.17, 15) is 18.0 Å². The van der Waals surface area contributed by atoms with E-state index in [1.165, 1.54) is 18.2 Å². The Hall–Kier alpha value is -2.31. The average molecular weight is 311 g/mol. The molecule has 1 N–H and O–H groups in total. The summed E-state index contributed by atoms with van der Waals surface area (Å²) in [6, 6.07) is 5.05. The minimum Gasteiger partial charge on any atom is -0.481 e. The Bertz CT molecular complexity index is 721. The van der Waals surface area contributed by atoms with Crippen LogP contribution in [0.3, 0.4) is 0 Å². The predicted molar refractivity (Wildman–Crippen MR) is 70.1 cm³/mol. The molecule has 1 unspecified atom stereocenters. The Morgan fingerprint density at radius 3 is 2.73 bits per heavy atom. The smallest absolute Gasteiger partial charge is 0.417 e. The summed E-state index contributed by atoms with van der Waals surface area (Å²) in [6.07, 6.45) is -3.54. The van der Waals surface area contributed by atoms with E-state index in [1.807, 2.05) is 0 Å². The average Bonchev–Trinajstić information content (AvgIpc) is 2.89. The summed E-state index contributed by atoms with van der Waals surface area (Å²) >= 11 is 0. The number of fused-ring (bicyclic) bond motifs is 1. The van der Waals surface area contributed by atoms with Gasteiger partial charge in [-0.1, -0.05) is 12.1 Å². The first-order valence-corrected chi connectivity index (χ1v) is 6.74. The number of benzene rings is 1. The van der Waals surface area contributed by atoms with Gasteiger partial charge in [0.05, 0.1) is 17.2 Å². The molecule has 0 aliphatic heterocycles. The van der Waals surface area contributed by atoms with Crippen molar-refractivity contribution in [2.24, 2.45) is 5.92 Å². The number of halogens is 3. The van der Waals surface area contributed by atoms with Crippen LogP contribution in [0, 0.1) is 5.92 Å². The molecule has 1 aromatic carbocycles. The highest BCUT2D eigenvalue weighted by atomic mass is 19.4. The number of alkyl halides is 3. The van der Waals surface area contributed by atoms with Gasteiger partial charge in [0.25, 0.3) is 0 Å². The van der Waals surface area contributed by atoms with Gasteiger partial charge in [0.2, 0.25) is 5.89 Å². The van der Waals surface area contributed by atoms with E-state index in [1.54, 1.807) is 0 Å². The third kappa shape index (κ3) is 2.58. The summed E-state index contributed by atoms with van der Waals surface area (Å²) in [5.41, 5.74) is -0.399. The van der Waals surface area contributed by atoms with Crippen molar-refractivity contribution in [1.29, 1.82) is 0 Å². The molecule has 0 bridgehead atoms. The van der Waals surface area contributed by atoms with Gasteiger partial charge in [0.15, 0.2) is 0 Å². The maximum atomic E-state index is 13.0. The molecule has 0 saturated carbocycles. The summed E-state index contributed by atoms with van der Waals surface area (Å²) in [4.78, 5) is 15.1. The molecule has 3 rings (SSSR count). The Morgan fingerprint density at radius 1 is 1.32 bits per heavy atom. The molecular weight excluding hydrogens is 299 g/mol. The summed E-state index contributed by atoms with van der Waals surface area (Å²) in [7, 11) is 0. The second-order valence-electron chi connectivity index (χ2n) is 5.21. The van der Waals surface area contributed by atoms with Crippen molar-refractivity contribution in [3.8, 4) is 11.5 Å².